The van der Waals surface area contributed by atoms with Gasteiger partial charge in [0.15, 0.2) is 0 Å². The van der Waals surface area contributed by atoms with Crippen molar-refractivity contribution in [2.75, 3.05) is 32.7 Å². The van der Waals surface area contributed by atoms with Crippen molar-refractivity contribution >= 4 is 12.6 Å². The second-order valence-electron chi connectivity index (χ2n) is 10.4. The van der Waals surface area contributed by atoms with Crippen molar-refractivity contribution in [2.24, 2.45) is 9.98 Å². The SMILES string of the molecule is C1=NCCC1.C1=NCCCN1.C1CCCC1.C1CCCCC1.C1CCCCC1.C1CCNCC1.CC.CC.CC.CC.CC.CC. The largest absolute Gasteiger partial charge is 0.376 e. The maximum Gasteiger partial charge on any atom is 0.0823 e. The Kier molecular flexibility index (Phi) is 93.3. The third-order valence-electron chi connectivity index (χ3n) is 7.00. The molecule has 0 aromatic heterocycles. The standard InChI is InChI=1S/2C6H12.C5H11N.C5H10.C4H8N2.C4H7N.6C2H6/c3*1-2-4-6-5-3-1;1-2-4-5-3-1;1-2-5-4-6-3-1;1-2-4-5-3-1;6*1-2/h2*1-6H2;6H,1-5H2;1-5H2;4H,1-3H2,(H,5,6);3H,1-2,4H2;6*1-2H3. The van der Waals surface area contributed by atoms with E-state index in [9.17, 15) is 0 Å². The Morgan fingerprint density at radius 1 is 0.326 bits per heavy atom. The van der Waals surface area contributed by atoms with E-state index in [1.807, 2.05) is 89.3 Å². The van der Waals surface area contributed by atoms with Crippen LogP contribution >= 0.6 is 0 Å². The van der Waals surface area contributed by atoms with Crippen LogP contribution in [0.2, 0.25) is 0 Å². The zero-order chi connectivity index (χ0) is 36.0. The van der Waals surface area contributed by atoms with Gasteiger partial charge in [-0.3, -0.25) is 9.98 Å². The van der Waals surface area contributed by atoms with Crippen molar-refractivity contribution in [3.63, 3.8) is 0 Å². The van der Waals surface area contributed by atoms with Crippen molar-refractivity contribution in [3.05, 3.63) is 0 Å². The van der Waals surface area contributed by atoms with Gasteiger partial charge in [0.05, 0.1) is 6.34 Å². The normalized spacial score (nSPS) is 17.7. The van der Waals surface area contributed by atoms with Gasteiger partial charge < -0.3 is 10.6 Å². The van der Waals surface area contributed by atoms with Crippen LogP contribution in [0.3, 0.4) is 0 Å². The Bertz CT molecular complexity index is 337. The van der Waals surface area contributed by atoms with Gasteiger partial charge in [0, 0.05) is 19.6 Å². The third kappa shape index (κ3) is 69.7. The van der Waals surface area contributed by atoms with Gasteiger partial charge in [-0.1, -0.05) is 199 Å². The van der Waals surface area contributed by atoms with Crippen LogP contribution in [0, 0.1) is 0 Å². The van der Waals surface area contributed by atoms with Crippen LogP contribution in [0.1, 0.15) is 231 Å². The van der Waals surface area contributed by atoms with E-state index >= 15 is 0 Å². The van der Waals surface area contributed by atoms with E-state index in [0.717, 1.165) is 19.6 Å². The van der Waals surface area contributed by atoms with Crippen LogP contribution in [-0.2, 0) is 0 Å². The first-order chi connectivity index (χ1) is 23.0. The minimum atomic E-state index is 1.01. The molecule has 3 heterocycles. The van der Waals surface area contributed by atoms with Crippen molar-refractivity contribution in [1.82, 2.24) is 10.6 Å². The lowest BCUT2D eigenvalue weighted by Crippen LogP contribution is -2.21. The van der Waals surface area contributed by atoms with Gasteiger partial charge in [-0.25, -0.2) is 0 Å². The fourth-order valence-electron chi connectivity index (χ4n) is 4.73. The smallest absolute Gasteiger partial charge is 0.0823 e. The summed E-state index contributed by atoms with van der Waals surface area (Å²) in [5.41, 5.74) is 0. The zero-order valence-electron chi connectivity index (χ0n) is 34.8. The van der Waals surface area contributed by atoms with E-state index in [4.69, 9.17) is 0 Å². The van der Waals surface area contributed by atoms with Gasteiger partial charge in [-0.2, -0.15) is 0 Å². The summed E-state index contributed by atoms with van der Waals surface area (Å²) < 4.78 is 0. The molecule has 2 N–H and O–H groups in total. The molecular formula is C42H96N4. The van der Waals surface area contributed by atoms with Gasteiger partial charge in [-0.15, -0.1) is 0 Å². The molecule has 0 spiro atoms. The van der Waals surface area contributed by atoms with Crippen molar-refractivity contribution in [3.8, 4) is 0 Å². The van der Waals surface area contributed by atoms with Crippen molar-refractivity contribution in [1.29, 1.82) is 0 Å². The summed E-state index contributed by atoms with van der Waals surface area (Å²) in [5.74, 6) is 0. The van der Waals surface area contributed by atoms with Crippen LogP contribution in [0.4, 0.5) is 0 Å². The number of aliphatic imine (C=N–C) groups is 2. The van der Waals surface area contributed by atoms with Gasteiger partial charge >= 0.3 is 0 Å². The van der Waals surface area contributed by atoms with Gasteiger partial charge in [0.1, 0.15) is 0 Å². The second kappa shape index (κ2) is 74.8. The van der Waals surface area contributed by atoms with Gasteiger partial charge in [0.2, 0.25) is 0 Å². The summed E-state index contributed by atoms with van der Waals surface area (Å²) in [7, 11) is 0. The van der Waals surface area contributed by atoms with Crippen molar-refractivity contribution in [2.45, 2.75) is 231 Å². The number of hydrogen-bond donors (Lipinski definition) is 2. The molecule has 4 nitrogen and oxygen atoms in total. The Labute approximate surface area is 296 Å². The molecule has 4 fully saturated rings. The molecule has 0 radical (unpaired) electrons. The van der Waals surface area contributed by atoms with Crippen LogP contribution in [0.5, 0.6) is 0 Å². The van der Waals surface area contributed by atoms with E-state index in [1.54, 1.807) is 6.34 Å². The Morgan fingerprint density at radius 2 is 0.630 bits per heavy atom. The number of rotatable bonds is 0. The molecule has 0 aromatic rings. The zero-order valence-corrected chi connectivity index (χ0v) is 34.8. The summed E-state index contributed by atoms with van der Waals surface area (Å²) >= 11 is 0. The predicted octanol–water partition coefficient (Wildman–Crippen LogP) is 14.4. The summed E-state index contributed by atoms with van der Waals surface area (Å²) in [6, 6.07) is 0. The molecule has 6 rings (SSSR count). The average molecular weight is 657 g/mol. The molecule has 3 aliphatic heterocycles. The van der Waals surface area contributed by atoms with Crippen LogP contribution < -0.4 is 10.6 Å². The molecule has 1 saturated heterocycles. The first kappa shape index (κ1) is 57.4. The molecule has 0 bridgehead atoms. The summed E-state index contributed by atoms with van der Waals surface area (Å²) in [6.45, 7) is 29.7. The summed E-state index contributed by atoms with van der Waals surface area (Å²) in [4.78, 5) is 7.90. The Morgan fingerprint density at radius 3 is 0.717 bits per heavy atom. The highest BCUT2D eigenvalue weighted by atomic mass is 15.0. The molecular weight excluding hydrogens is 560 g/mol. The maximum absolute atomic E-state index is 3.96. The van der Waals surface area contributed by atoms with E-state index in [0.29, 0.717) is 0 Å². The minimum Gasteiger partial charge on any atom is -0.376 e. The molecule has 46 heavy (non-hydrogen) atoms. The van der Waals surface area contributed by atoms with Crippen LogP contribution in [-0.4, -0.2) is 45.3 Å². The molecule has 0 unspecified atom stereocenters. The van der Waals surface area contributed by atoms with E-state index in [1.165, 1.54) is 161 Å². The Balaban J connectivity index is -0.0000000980. The summed E-state index contributed by atoms with van der Waals surface area (Å²) in [6.07, 6.45) is 37.1. The number of piperidine rings is 1. The first-order valence-corrected chi connectivity index (χ1v) is 21.4. The van der Waals surface area contributed by atoms with Crippen LogP contribution in [0.15, 0.2) is 9.98 Å². The second-order valence-corrected chi connectivity index (χ2v) is 10.4. The quantitative estimate of drug-likeness (QED) is 0.272. The molecule has 0 aromatic carbocycles. The predicted molar refractivity (Wildman–Crippen MR) is 222 cm³/mol. The highest BCUT2D eigenvalue weighted by Gasteiger charge is 1.97. The topological polar surface area (TPSA) is 48.8 Å². The first-order valence-electron chi connectivity index (χ1n) is 21.4. The van der Waals surface area contributed by atoms with E-state index in [-0.39, 0.29) is 0 Å². The Hall–Kier alpha value is -0.900. The van der Waals surface area contributed by atoms with Crippen LogP contribution in [0.25, 0.3) is 0 Å². The number of nitrogens with zero attached hydrogens (tertiary/aromatic N) is 2. The van der Waals surface area contributed by atoms with E-state index < -0.39 is 0 Å². The highest BCUT2D eigenvalue weighted by Crippen LogP contribution is 2.16. The van der Waals surface area contributed by atoms with Gasteiger partial charge in [-0.05, 0) is 51.4 Å². The number of hydrogen-bond acceptors (Lipinski definition) is 4. The fraction of sp³-hybridized carbons (Fsp3) is 0.952. The number of nitrogens with one attached hydrogen (secondary N) is 2. The summed E-state index contributed by atoms with van der Waals surface area (Å²) in [5, 5.41) is 6.28. The molecule has 0 atom stereocenters. The molecule has 284 valence electrons. The lowest BCUT2D eigenvalue weighted by molar-refractivity contribution is 0.504. The molecule has 3 aliphatic carbocycles. The van der Waals surface area contributed by atoms with E-state index in [2.05, 4.69) is 20.6 Å². The molecule has 6 aliphatic rings. The molecule has 0 amide bonds. The third-order valence-corrected chi connectivity index (χ3v) is 7.00. The lowest BCUT2D eigenvalue weighted by Gasteiger charge is -2.08. The highest BCUT2D eigenvalue weighted by molar-refractivity contribution is 5.58. The molecule has 4 heteroatoms. The van der Waals surface area contributed by atoms with Gasteiger partial charge in [0.25, 0.3) is 0 Å². The monoisotopic (exact) mass is 657 g/mol. The fourth-order valence-corrected chi connectivity index (χ4v) is 4.73. The average Bonchev–Trinajstić information content (AvgIpc) is 4.01. The maximum atomic E-state index is 3.96. The molecule has 3 saturated carbocycles. The van der Waals surface area contributed by atoms with Crippen molar-refractivity contribution < 1.29 is 0 Å². The lowest BCUT2D eigenvalue weighted by atomic mass is 10.0. The minimum absolute atomic E-state index is 1.01.